The van der Waals surface area contributed by atoms with Crippen LogP contribution in [0, 0.1) is 6.92 Å². The largest absolute Gasteiger partial charge is 0.302 e. The highest BCUT2D eigenvalue weighted by molar-refractivity contribution is 7.16. The number of nitrogens with one attached hydrogen (secondary N) is 1. The van der Waals surface area contributed by atoms with Gasteiger partial charge in [0.2, 0.25) is 5.91 Å². The van der Waals surface area contributed by atoms with Gasteiger partial charge in [-0.25, -0.2) is 4.98 Å². The molecule has 0 spiro atoms. The molecule has 0 aliphatic heterocycles. The lowest BCUT2D eigenvalue weighted by atomic mass is 9.96. The van der Waals surface area contributed by atoms with Crippen LogP contribution in [0.5, 0.6) is 0 Å². The maximum absolute atomic E-state index is 11.1. The Morgan fingerprint density at radius 1 is 1.32 bits per heavy atom. The number of hydrogen-bond acceptors (Lipinski definition) is 3. The second-order valence-corrected chi connectivity index (χ2v) is 6.14. The highest BCUT2D eigenvalue weighted by atomic mass is 32.1. The van der Waals surface area contributed by atoms with Crippen LogP contribution in [0.3, 0.4) is 0 Å². The summed E-state index contributed by atoms with van der Waals surface area (Å²) < 4.78 is 0. The van der Waals surface area contributed by atoms with Crippen LogP contribution in [0.2, 0.25) is 0 Å². The third kappa shape index (κ3) is 5.31. The summed E-state index contributed by atoms with van der Waals surface area (Å²) in [5.41, 5.74) is 1.08. The maximum atomic E-state index is 11.1. The molecular formula is C15H26N2OS. The van der Waals surface area contributed by atoms with Crippen LogP contribution in [0.4, 0.5) is 5.13 Å². The number of anilines is 1. The van der Waals surface area contributed by atoms with Crippen LogP contribution in [-0.4, -0.2) is 10.9 Å². The fourth-order valence-electron chi connectivity index (χ4n) is 2.33. The molecule has 0 aliphatic rings. The monoisotopic (exact) mass is 282 g/mol. The first-order valence-electron chi connectivity index (χ1n) is 7.33. The van der Waals surface area contributed by atoms with Crippen molar-refractivity contribution in [3.05, 3.63) is 10.6 Å². The molecule has 1 amide bonds. The van der Waals surface area contributed by atoms with Gasteiger partial charge in [-0.15, -0.1) is 11.3 Å². The molecule has 1 N–H and O–H groups in total. The molecule has 0 saturated heterocycles. The quantitative estimate of drug-likeness (QED) is 0.691. The Kier molecular flexibility index (Phi) is 7.06. The minimum Gasteiger partial charge on any atom is -0.302 e. The third-order valence-corrected chi connectivity index (χ3v) is 4.62. The summed E-state index contributed by atoms with van der Waals surface area (Å²) in [4.78, 5) is 16.9. The molecule has 1 atom stereocenters. The Morgan fingerprint density at radius 3 is 2.63 bits per heavy atom. The average molecular weight is 282 g/mol. The molecule has 19 heavy (non-hydrogen) atoms. The lowest BCUT2D eigenvalue weighted by Gasteiger charge is -2.13. The Morgan fingerprint density at radius 2 is 2.05 bits per heavy atom. The number of unbranched alkanes of at least 4 members (excludes halogenated alkanes) is 3. The molecule has 0 bridgehead atoms. The van der Waals surface area contributed by atoms with Gasteiger partial charge in [-0.1, -0.05) is 39.5 Å². The molecule has 1 unspecified atom stereocenters. The van der Waals surface area contributed by atoms with E-state index in [9.17, 15) is 4.79 Å². The Bertz CT molecular complexity index is 401. The standard InChI is InChI=1S/C15H26N2OS/c1-5-7-8-9-10-13(6-2)14-11(3)16-15(19-14)17-12(4)18/h13H,5-10H2,1-4H3,(H,16,17,18). The highest BCUT2D eigenvalue weighted by Crippen LogP contribution is 2.34. The zero-order chi connectivity index (χ0) is 14.3. The number of hydrogen-bond donors (Lipinski definition) is 1. The van der Waals surface area contributed by atoms with Crippen molar-refractivity contribution in [3.8, 4) is 0 Å². The molecule has 108 valence electrons. The number of amides is 1. The van der Waals surface area contributed by atoms with Crippen LogP contribution < -0.4 is 5.32 Å². The predicted octanol–water partition coefficient (Wildman–Crippen LogP) is 4.87. The van der Waals surface area contributed by atoms with Crippen molar-refractivity contribution in [3.63, 3.8) is 0 Å². The van der Waals surface area contributed by atoms with Crippen molar-refractivity contribution in [2.45, 2.75) is 72.1 Å². The summed E-state index contributed by atoms with van der Waals surface area (Å²) in [5, 5.41) is 3.53. The Labute approximate surface area is 120 Å². The number of carbonyl (C=O) groups excluding carboxylic acids is 1. The number of aromatic nitrogens is 1. The van der Waals surface area contributed by atoms with Crippen molar-refractivity contribution in [2.24, 2.45) is 0 Å². The van der Waals surface area contributed by atoms with E-state index in [4.69, 9.17) is 0 Å². The fourth-order valence-corrected chi connectivity index (χ4v) is 3.56. The molecule has 3 nitrogen and oxygen atoms in total. The summed E-state index contributed by atoms with van der Waals surface area (Å²) >= 11 is 1.64. The van der Waals surface area contributed by atoms with Crippen LogP contribution in [0.15, 0.2) is 0 Å². The maximum Gasteiger partial charge on any atom is 0.223 e. The van der Waals surface area contributed by atoms with Crippen molar-refractivity contribution in [2.75, 3.05) is 5.32 Å². The van der Waals surface area contributed by atoms with Crippen molar-refractivity contribution in [1.82, 2.24) is 4.98 Å². The zero-order valence-corrected chi connectivity index (χ0v) is 13.4. The minimum absolute atomic E-state index is 0.0451. The van der Waals surface area contributed by atoms with Crippen molar-refractivity contribution < 1.29 is 4.79 Å². The van der Waals surface area contributed by atoms with Gasteiger partial charge in [0, 0.05) is 11.8 Å². The first-order chi connectivity index (χ1) is 9.08. The van der Waals surface area contributed by atoms with Gasteiger partial charge in [0.25, 0.3) is 0 Å². The fraction of sp³-hybridized carbons (Fsp3) is 0.733. The summed E-state index contributed by atoms with van der Waals surface area (Å²) in [6.07, 6.45) is 7.61. The molecule has 1 aromatic heterocycles. The molecule has 0 aromatic carbocycles. The van der Waals surface area contributed by atoms with Crippen molar-refractivity contribution >= 4 is 22.4 Å². The van der Waals surface area contributed by atoms with E-state index in [0.717, 1.165) is 17.2 Å². The smallest absolute Gasteiger partial charge is 0.223 e. The summed E-state index contributed by atoms with van der Waals surface area (Å²) in [6.45, 7) is 8.05. The molecule has 1 aromatic rings. The van der Waals surface area contributed by atoms with E-state index in [2.05, 4.69) is 24.1 Å². The van der Waals surface area contributed by atoms with E-state index < -0.39 is 0 Å². The first-order valence-corrected chi connectivity index (χ1v) is 8.15. The average Bonchev–Trinajstić information content (AvgIpc) is 2.69. The minimum atomic E-state index is -0.0451. The van der Waals surface area contributed by atoms with Gasteiger partial charge >= 0.3 is 0 Å². The van der Waals surface area contributed by atoms with Gasteiger partial charge in [-0.05, 0) is 25.7 Å². The van der Waals surface area contributed by atoms with Gasteiger partial charge < -0.3 is 5.32 Å². The van der Waals surface area contributed by atoms with E-state index >= 15 is 0 Å². The normalized spacial score (nSPS) is 12.4. The Balaban J connectivity index is 2.64. The van der Waals surface area contributed by atoms with Gasteiger partial charge in [-0.2, -0.15) is 0 Å². The Hall–Kier alpha value is -0.900. The lowest BCUT2D eigenvalue weighted by Crippen LogP contribution is -2.04. The summed E-state index contributed by atoms with van der Waals surface area (Å²) in [6, 6.07) is 0. The first kappa shape index (κ1) is 16.2. The van der Waals surface area contributed by atoms with E-state index in [1.54, 1.807) is 11.3 Å². The SMILES string of the molecule is CCCCCCC(CC)c1sc(NC(C)=O)nc1C. The number of carbonyl (C=O) groups is 1. The topological polar surface area (TPSA) is 42.0 Å². The molecule has 1 heterocycles. The highest BCUT2D eigenvalue weighted by Gasteiger charge is 2.17. The number of aryl methyl sites for hydroxylation is 1. The molecule has 0 saturated carbocycles. The van der Waals surface area contributed by atoms with Crippen molar-refractivity contribution in [1.29, 1.82) is 0 Å². The van der Waals surface area contributed by atoms with E-state index in [-0.39, 0.29) is 5.91 Å². The van der Waals surface area contributed by atoms with Gasteiger partial charge in [0.15, 0.2) is 5.13 Å². The van der Waals surface area contributed by atoms with Crippen LogP contribution in [0.25, 0.3) is 0 Å². The van der Waals surface area contributed by atoms with Gasteiger partial charge in [0.1, 0.15) is 0 Å². The third-order valence-electron chi connectivity index (χ3n) is 3.39. The second-order valence-electron chi connectivity index (χ2n) is 5.10. The van der Waals surface area contributed by atoms with E-state index in [1.807, 2.05) is 6.92 Å². The molecule has 1 rings (SSSR count). The van der Waals surface area contributed by atoms with Gasteiger partial charge in [-0.3, -0.25) is 4.79 Å². The summed E-state index contributed by atoms with van der Waals surface area (Å²) in [7, 11) is 0. The van der Waals surface area contributed by atoms with E-state index in [0.29, 0.717) is 5.92 Å². The number of rotatable bonds is 8. The lowest BCUT2D eigenvalue weighted by molar-refractivity contribution is -0.114. The molecule has 0 aliphatic carbocycles. The number of thiazole rings is 1. The van der Waals surface area contributed by atoms with Crippen LogP contribution in [-0.2, 0) is 4.79 Å². The predicted molar refractivity (Wildman–Crippen MR) is 82.9 cm³/mol. The molecule has 4 heteroatoms. The zero-order valence-electron chi connectivity index (χ0n) is 12.6. The van der Waals surface area contributed by atoms with Gasteiger partial charge in [0.05, 0.1) is 5.69 Å². The molecule has 0 radical (unpaired) electrons. The molecule has 0 fully saturated rings. The van der Waals surface area contributed by atoms with E-state index in [1.165, 1.54) is 43.9 Å². The number of nitrogens with zero attached hydrogens (tertiary/aromatic N) is 1. The van der Waals surface area contributed by atoms with Crippen LogP contribution in [0.1, 0.15) is 75.8 Å². The van der Waals surface area contributed by atoms with Crippen LogP contribution >= 0.6 is 11.3 Å². The molecular weight excluding hydrogens is 256 g/mol. The summed E-state index contributed by atoms with van der Waals surface area (Å²) in [5.74, 6) is 0.549. The second kappa shape index (κ2) is 8.31.